The third kappa shape index (κ3) is 9.02. The lowest BCUT2D eigenvalue weighted by atomic mass is 9.86. The van der Waals surface area contributed by atoms with E-state index in [1.54, 1.807) is 13.0 Å². The molecule has 48 heavy (non-hydrogen) atoms. The highest BCUT2D eigenvalue weighted by molar-refractivity contribution is 6.03. The number of nitrogens with zero attached hydrogens (tertiary/aromatic N) is 2. The summed E-state index contributed by atoms with van der Waals surface area (Å²) in [5, 5.41) is 11.3. The molecule has 0 unspecified atom stereocenters. The number of ether oxygens (including phenoxy) is 3. The van der Waals surface area contributed by atoms with Crippen molar-refractivity contribution in [3.63, 3.8) is 0 Å². The Morgan fingerprint density at radius 3 is 2.00 bits per heavy atom. The Bertz CT molecular complexity index is 1650. The van der Waals surface area contributed by atoms with Crippen LogP contribution in [0.3, 0.4) is 0 Å². The number of aryl methyl sites for hydroxylation is 2. The number of aromatic nitrogens is 2. The van der Waals surface area contributed by atoms with Crippen LogP contribution >= 0.6 is 0 Å². The minimum Gasteiger partial charge on any atom is -0.479 e. The highest BCUT2D eigenvalue weighted by Crippen LogP contribution is 2.47. The number of benzene rings is 2. The van der Waals surface area contributed by atoms with E-state index in [1.165, 1.54) is 51.0 Å². The molecule has 6 rings (SSSR count). The third-order valence-electron chi connectivity index (χ3n) is 8.78. The number of carbonyl (C=O) groups is 1. The van der Waals surface area contributed by atoms with Gasteiger partial charge in [0.1, 0.15) is 11.6 Å². The van der Waals surface area contributed by atoms with Crippen LogP contribution in [0.1, 0.15) is 110 Å². The van der Waals surface area contributed by atoms with Crippen molar-refractivity contribution < 1.29 is 28.5 Å². The second-order valence-electron chi connectivity index (χ2n) is 13.5. The lowest BCUT2D eigenvalue weighted by molar-refractivity contribution is -0.105. The number of fused-ring (bicyclic) bond motifs is 1. The molecule has 0 atom stereocenters. The molecule has 0 bridgehead atoms. The number of hydrogen-bond donors (Lipinski definition) is 2. The minimum atomic E-state index is -0.447. The predicted molar refractivity (Wildman–Crippen MR) is 188 cm³/mol. The van der Waals surface area contributed by atoms with Crippen LogP contribution in [0, 0.1) is 19.8 Å². The van der Waals surface area contributed by atoms with E-state index in [2.05, 4.69) is 69.0 Å². The molecule has 3 heterocycles. The number of furan rings is 1. The molecule has 4 aromatic rings. The van der Waals surface area contributed by atoms with E-state index in [9.17, 15) is 4.79 Å². The van der Waals surface area contributed by atoms with Crippen molar-refractivity contribution in [1.82, 2.24) is 9.97 Å². The monoisotopic (exact) mass is 657 g/mol. The summed E-state index contributed by atoms with van der Waals surface area (Å²) in [6.07, 6.45) is 6.51. The van der Waals surface area contributed by atoms with Gasteiger partial charge in [0.05, 0.1) is 32.0 Å². The first-order valence-electron chi connectivity index (χ1n) is 16.6. The number of aliphatic hydroxyl groups is 1. The maximum atomic E-state index is 12.9. The van der Waals surface area contributed by atoms with Gasteiger partial charge in [-0.2, -0.15) is 9.97 Å². The van der Waals surface area contributed by atoms with Crippen molar-refractivity contribution in [2.24, 2.45) is 5.92 Å². The molecule has 0 spiro atoms. The van der Waals surface area contributed by atoms with Gasteiger partial charge in [0.25, 0.3) is 5.91 Å². The molecule has 1 fully saturated rings. The summed E-state index contributed by atoms with van der Waals surface area (Å²) in [5.74, 6) is 2.35. The van der Waals surface area contributed by atoms with Gasteiger partial charge in [-0.25, -0.2) is 0 Å². The van der Waals surface area contributed by atoms with Crippen LogP contribution < -0.4 is 14.8 Å². The summed E-state index contributed by atoms with van der Waals surface area (Å²) in [5.41, 5.74) is 5.18. The molecule has 1 aliphatic heterocycles. The number of anilines is 1. The molecule has 9 nitrogen and oxygen atoms in total. The fourth-order valence-corrected chi connectivity index (χ4v) is 6.28. The molecule has 2 aromatic heterocycles. The maximum Gasteiger partial charge on any atom is 0.291 e. The molecular formula is C39H51N3O6. The Kier molecular flexibility index (Phi) is 12.0. The van der Waals surface area contributed by atoms with Crippen molar-refractivity contribution >= 4 is 11.6 Å². The summed E-state index contributed by atoms with van der Waals surface area (Å²) in [6, 6.07) is 17.4. The van der Waals surface area contributed by atoms with Crippen LogP contribution in [0.4, 0.5) is 5.69 Å². The number of nitrogens with one attached hydrogen (secondary N) is 1. The van der Waals surface area contributed by atoms with Crippen LogP contribution in [0.5, 0.6) is 11.8 Å². The molecule has 2 aliphatic rings. The van der Waals surface area contributed by atoms with E-state index in [4.69, 9.17) is 23.7 Å². The molecule has 1 aliphatic carbocycles. The van der Waals surface area contributed by atoms with E-state index in [1.807, 2.05) is 36.4 Å². The average Bonchev–Trinajstić information content (AvgIpc) is 3.77. The lowest BCUT2D eigenvalue weighted by Crippen LogP contribution is -2.22. The van der Waals surface area contributed by atoms with Crippen LogP contribution in [-0.4, -0.2) is 35.2 Å². The lowest BCUT2D eigenvalue weighted by Gasteiger charge is -2.24. The number of methoxy groups -OCH3 is 2. The van der Waals surface area contributed by atoms with Gasteiger partial charge in [-0.15, -0.1) is 0 Å². The minimum absolute atomic E-state index is 0.140. The van der Waals surface area contributed by atoms with Gasteiger partial charge in [-0.3, -0.25) is 4.79 Å². The first kappa shape index (κ1) is 36.6. The molecule has 1 saturated carbocycles. The highest BCUT2D eigenvalue weighted by atomic mass is 16.5. The molecule has 9 heteroatoms. The van der Waals surface area contributed by atoms with E-state index < -0.39 is 5.91 Å². The van der Waals surface area contributed by atoms with Crippen molar-refractivity contribution in [3.8, 4) is 11.8 Å². The Hall–Kier alpha value is -4.21. The Morgan fingerprint density at radius 2 is 1.50 bits per heavy atom. The van der Waals surface area contributed by atoms with Gasteiger partial charge in [0.2, 0.25) is 11.8 Å². The molecule has 2 N–H and O–H groups in total. The van der Waals surface area contributed by atoms with Crippen LogP contribution in [0.15, 0.2) is 59.0 Å². The van der Waals surface area contributed by atoms with E-state index in [0.29, 0.717) is 18.0 Å². The Balaban J connectivity index is 0.000000305. The number of rotatable bonds is 7. The van der Waals surface area contributed by atoms with Gasteiger partial charge >= 0.3 is 0 Å². The standard InChI is InChI=1S/C26H31N3O5.C7H8O.C6H12/c1-14-11-18-19(26(5,6)34-25(18,3)4)13-16(14)12-17-9-10-20(33-17)22(30)29-21-23(31-7)27-15(2)28-24(21)32-8;8-6-7-4-2-1-3-5-7;1-6-4-2-3-5-6/h9-11,13H,12H2,1-8H3,(H,29,30);1-5,8H,6H2;6H,2-5H2,1H3. The molecule has 0 radical (unpaired) electrons. The summed E-state index contributed by atoms with van der Waals surface area (Å²) in [6.45, 7) is 14.7. The third-order valence-corrected chi connectivity index (χ3v) is 8.78. The van der Waals surface area contributed by atoms with E-state index in [-0.39, 0.29) is 41.0 Å². The van der Waals surface area contributed by atoms with Crippen molar-refractivity contribution in [1.29, 1.82) is 0 Å². The Labute approximate surface area is 285 Å². The van der Waals surface area contributed by atoms with Gasteiger partial charge < -0.3 is 29.1 Å². The van der Waals surface area contributed by atoms with Gasteiger partial charge in [0.15, 0.2) is 11.4 Å². The maximum absolute atomic E-state index is 12.9. The Morgan fingerprint density at radius 1 is 0.917 bits per heavy atom. The van der Waals surface area contributed by atoms with Gasteiger partial charge in [-0.1, -0.05) is 75.1 Å². The first-order valence-corrected chi connectivity index (χ1v) is 16.6. The van der Waals surface area contributed by atoms with Crippen LogP contribution in [0.2, 0.25) is 0 Å². The number of hydrogen-bond acceptors (Lipinski definition) is 8. The summed E-state index contributed by atoms with van der Waals surface area (Å²) in [7, 11) is 2.93. The van der Waals surface area contributed by atoms with Gasteiger partial charge in [-0.05, 0) is 87.4 Å². The van der Waals surface area contributed by atoms with Crippen molar-refractivity contribution in [2.75, 3.05) is 19.5 Å². The topological polar surface area (TPSA) is 116 Å². The first-order chi connectivity index (χ1) is 22.8. The zero-order valence-corrected chi connectivity index (χ0v) is 29.9. The van der Waals surface area contributed by atoms with Crippen molar-refractivity contribution in [3.05, 3.63) is 99.8 Å². The summed E-state index contributed by atoms with van der Waals surface area (Å²) >= 11 is 0. The van der Waals surface area contributed by atoms with Gasteiger partial charge in [0, 0.05) is 6.42 Å². The zero-order valence-electron chi connectivity index (χ0n) is 29.9. The zero-order chi connectivity index (χ0) is 35.1. The van der Waals surface area contributed by atoms with Crippen LogP contribution in [-0.2, 0) is 29.0 Å². The number of carbonyl (C=O) groups excluding carboxylic acids is 1. The van der Waals surface area contributed by atoms with Crippen molar-refractivity contribution in [2.45, 2.75) is 98.4 Å². The van der Waals surface area contributed by atoms with E-state index >= 15 is 0 Å². The molecule has 2 aromatic carbocycles. The van der Waals surface area contributed by atoms with E-state index in [0.717, 1.165) is 22.6 Å². The van der Waals surface area contributed by atoms with Crippen LogP contribution in [0.25, 0.3) is 0 Å². The average molecular weight is 658 g/mol. The SMILES string of the molecule is CC1CCCC1.COc1nc(C)nc(OC)c1NC(=O)c1ccc(Cc2cc3c(cc2C)C(C)(C)OC3(C)C)o1.OCc1ccccc1. The number of aliphatic hydroxyl groups excluding tert-OH is 1. The molecule has 1 amide bonds. The second-order valence-corrected chi connectivity index (χ2v) is 13.5. The second kappa shape index (κ2) is 15.8. The quantitative estimate of drug-likeness (QED) is 0.204. The fourth-order valence-electron chi connectivity index (χ4n) is 6.28. The molecular weight excluding hydrogens is 606 g/mol. The fraction of sp³-hybridized carbons (Fsp3) is 0.462. The molecule has 0 saturated heterocycles. The predicted octanol–water partition coefficient (Wildman–Crippen LogP) is 8.42. The smallest absolute Gasteiger partial charge is 0.291 e. The normalized spacial score (nSPS) is 15.8. The summed E-state index contributed by atoms with van der Waals surface area (Å²) in [4.78, 5) is 21.3. The largest absolute Gasteiger partial charge is 0.479 e. The molecule has 258 valence electrons. The highest BCUT2D eigenvalue weighted by Gasteiger charge is 2.43. The summed E-state index contributed by atoms with van der Waals surface area (Å²) < 4.78 is 22.8. The number of amides is 1.